The molecule has 0 spiro atoms. The van der Waals surface area contributed by atoms with Crippen LogP contribution in [0.15, 0.2) is 71.3 Å². The molecule has 7 nitrogen and oxygen atoms in total. The molecule has 0 bridgehead atoms. The third-order valence-electron chi connectivity index (χ3n) is 5.49. The Bertz CT molecular complexity index is 1500. The average Bonchev–Trinajstić information content (AvgIpc) is 3.32. The van der Waals surface area contributed by atoms with E-state index in [4.69, 9.17) is 37.6 Å². The quantitative estimate of drug-likeness (QED) is 0.212. The van der Waals surface area contributed by atoms with Crippen molar-refractivity contribution in [2.24, 2.45) is 0 Å². The van der Waals surface area contributed by atoms with Crippen LogP contribution in [-0.2, 0) is 17.4 Å². The van der Waals surface area contributed by atoms with Gasteiger partial charge in [-0.1, -0.05) is 64.8 Å². The molecule has 2 N–H and O–H groups in total. The van der Waals surface area contributed by atoms with E-state index in [9.17, 15) is 22.8 Å². The molecular weight excluding hydrogens is 560 g/mol. The summed E-state index contributed by atoms with van der Waals surface area (Å²) in [7, 11) is 0. The highest BCUT2D eigenvalue weighted by atomic mass is 35.5. The summed E-state index contributed by atoms with van der Waals surface area (Å²) in [4.78, 5) is 24.3. The zero-order chi connectivity index (χ0) is 28.2. The van der Waals surface area contributed by atoms with Crippen LogP contribution >= 0.6 is 23.2 Å². The Balaban J connectivity index is 1.62. The van der Waals surface area contributed by atoms with Crippen LogP contribution in [0, 0.1) is 0 Å². The molecule has 0 saturated carbocycles. The van der Waals surface area contributed by atoms with Crippen molar-refractivity contribution in [1.82, 2.24) is 10.5 Å². The Hall–Kier alpha value is -4.02. The van der Waals surface area contributed by atoms with Crippen molar-refractivity contribution in [1.29, 1.82) is 0 Å². The van der Waals surface area contributed by atoms with E-state index in [0.29, 0.717) is 21.9 Å². The highest BCUT2D eigenvalue weighted by Crippen LogP contribution is 2.36. The van der Waals surface area contributed by atoms with E-state index in [1.54, 1.807) is 36.4 Å². The minimum Gasteiger partial charge on any atom is -0.490 e. The molecule has 0 saturated heterocycles. The number of ether oxygens (including phenoxy) is 1. The van der Waals surface area contributed by atoms with Gasteiger partial charge in [-0.2, -0.15) is 13.2 Å². The SMILES string of the molecule is O=C(O)Cc1ccc(-c2noc(-c3cccc(C(F)(F)F)c3)c2C(=O)NCCOc2ccc(Cl)cc2Cl)cc1. The van der Waals surface area contributed by atoms with Gasteiger partial charge in [0.05, 0.1) is 23.6 Å². The largest absolute Gasteiger partial charge is 0.490 e. The minimum absolute atomic E-state index is 0.000387. The number of rotatable bonds is 9. The van der Waals surface area contributed by atoms with Crippen LogP contribution in [-0.4, -0.2) is 35.3 Å². The lowest BCUT2D eigenvalue weighted by atomic mass is 9.99. The van der Waals surface area contributed by atoms with E-state index in [2.05, 4.69) is 10.5 Å². The van der Waals surface area contributed by atoms with Crippen molar-refractivity contribution in [3.05, 3.63) is 93.5 Å². The number of aliphatic carboxylic acids is 1. The molecule has 0 unspecified atom stereocenters. The Labute approximate surface area is 230 Å². The predicted octanol–water partition coefficient (Wildman–Crippen LogP) is 6.77. The predicted molar refractivity (Wildman–Crippen MR) is 138 cm³/mol. The molecule has 12 heteroatoms. The van der Waals surface area contributed by atoms with Crippen molar-refractivity contribution in [2.75, 3.05) is 13.2 Å². The number of carboxylic acids is 1. The number of aromatic nitrogens is 1. The lowest BCUT2D eigenvalue weighted by Crippen LogP contribution is -2.28. The summed E-state index contributed by atoms with van der Waals surface area (Å²) >= 11 is 12.0. The number of benzene rings is 3. The van der Waals surface area contributed by atoms with E-state index < -0.39 is 23.6 Å². The number of halogens is 5. The summed E-state index contributed by atoms with van der Waals surface area (Å²) in [5, 5.41) is 16.3. The van der Waals surface area contributed by atoms with Crippen molar-refractivity contribution < 1.29 is 37.1 Å². The number of nitrogens with zero attached hydrogens (tertiary/aromatic N) is 1. The summed E-state index contributed by atoms with van der Waals surface area (Å²) in [5.41, 5.74) is -0.0263. The van der Waals surface area contributed by atoms with Crippen molar-refractivity contribution in [3.63, 3.8) is 0 Å². The third-order valence-corrected chi connectivity index (χ3v) is 6.02. The van der Waals surface area contributed by atoms with Gasteiger partial charge in [0, 0.05) is 16.1 Å². The van der Waals surface area contributed by atoms with Gasteiger partial charge in [0.15, 0.2) is 5.76 Å². The van der Waals surface area contributed by atoms with Crippen LogP contribution in [0.25, 0.3) is 22.6 Å². The van der Waals surface area contributed by atoms with Gasteiger partial charge in [-0.15, -0.1) is 0 Å². The molecule has 1 amide bonds. The second-order valence-electron chi connectivity index (χ2n) is 8.26. The topological polar surface area (TPSA) is 102 Å². The van der Waals surface area contributed by atoms with E-state index in [1.807, 2.05) is 0 Å². The highest BCUT2D eigenvalue weighted by molar-refractivity contribution is 6.35. The van der Waals surface area contributed by atoms with Crippen molar-refractivity contribution in [2.45, 2.75) is 12.6 Å². The lowest BCUT2D eigenvalue weighted by molar-refractivity contribution is -0.138. The van der Waals surface area contributed by atoms with Gasteiger partial charge in [-0.05, 0) is 35.9 Å². The molecule has 4 aromatic rings. The molecule has 0 aliphatic carbocycles. The van der Waals surface area contributed by atoms with Gasteiger partial charge < -0.3 is 19.7 Å². The monoisotopic (exact) mass is 578 g/mol. The zero-order valence-corrected chi connectivity index (χ0v) is 21.4. The Kier molecular flexibility index (Phi) is 8.47. The lowest BCUT2D eigenvalue weighted by Gasteiger charge is -2.11. The first-order valence-corrected chi connectivity index (χ1v) is 12.1. The summed E-state index contributed by atoms with van der Waals surface area (Å²) in [6, 6.07) is 15.2. The maximum atomic E-state index is 13.3. The average molecular weight is 579 g/mol. The summed E-state index contributed by atoms with van der Waals surface area (Å²) in [5.74, 6) is -1.49. The third kappa shape index (κ3) is 6.90. The fourth-order valence-electron chi connectivity index (χ4n) is 3.69. The van der Waals surface area contributed by atoms with E-state index in [0.717, 1.165) is 12.1 Å². The number of nitrogens with one attached hydrogen (secondary N) is 1. The number of hydrogen-bond acceptors (Lipinski definition) is 5. The maximum absolute atomic E-state index is 13.3. The van der Waals surface area contributed by atoms with E-state index in [-0.39, 0.29) is 47.2 Å². The normalized spacial score (nSPS) is 11.3. The molecule has 4 rings (SSSR count). The van der Waals surface area contributed by atoms with E-state index in [1.165, 1.54) is 18.2 Å². The number of alkyl halides is 3. The van der Waals surface area contributed by atoms with Gasteiger partial charge in [0.25, 0.3) is 5.91 Å². The fourth-order valence-corrected chi connectivity index (χ4v) is 4.16. The Morgan fingerprint density at radius 1 is 1.00 bits per heavy atom. The number of hydrogen-bond donors (Lipinski definition) is 2. The molecule has 0 fully saturated rings. The molecule has 1 heterocycles. The highest BCUT2D eigenvalue weighted by Gasteiger charge is 2.32. The Morgan fingerprint density at radius 3 is 2.41 bits per heavy atom. The van der Waals surface area contributed by atoms with Gasteiger partial charge in [0.2, 0.25) is 0 Å². The van der Waals surface area contributed by atoms with Crippen LogP contribution in [0.2, 0.25) is 10.0 Å². The number of carbonyl (C=O) groups excluding carboxylic acids is 1. The van der Waals surface area contributed by atoms with Crippen LogP contribution in [0.4, 0.5) is 13.2 Å². The molecule has 0 aliphatic heterocycles. The maximum Gasteiger partial charge on any atom is 0.416 e. The first kappa shape index (κ1) is 28.0. The second kappa shape index (κ2) is 11.8. The summed E-state index contributed by atoms with van der Waals surface area (Å²) < 4.78 is 51.0. The molecule has 3 aromatic carbocycles. The zero-order valence-electron chi connectivity index (χ0n) is 19.9. The summed E-state index contributed by atoms with van der Waals surface area (Å²) in [6.07, 6.45) is -4.82. The number of carboxylic acid groups (broad SMARTS) is 1. The summed E-state index contributed by atoms with van der Waals surface area (Å²) in [6.45, 7) is 0.0402. The van der Waals surface area contributed by atoms with Crippen molar-refractivity contribution >= 4 is 35.1 Å². The molecule has 39 heavy (non-hydrogen) atoms. The molecule has 1 aromatic heterocycles. The molecule has 0 aliphatic rings. The molecule has 0 atom stereocenters. The molecular formula is C27H19Cl2F3N2O5. The van der Waals surface area contributed by atoms with Gasteiger partial charge >= 0.3 is 12.1 Å². The standard InChI is InChI=1S/C27H19Cl2F3N2O5/c28-19-8-9-21(20(29)14-19)38-11-10-33-26(37)23-24(16-6-4-15(5-7-16)12-22(35)36)34-39-25(23)17-2-1-3-18(13-17)27(30,31)32/h1-9,13-14H,10-12H2,(H,33,37)(H,35,36). The van der Waals surface area contributed by atoms with E-state index >= 15 is 0 Å². The van der Waals surface area contributed by atoms with Crippen molar-refractivity contribution in [3.8, 4) is 28.3 Å². The Morgan fingerprint density at radius 2 is 1.74 bits per heavy atom. The van der Waals surface area contributed by atoms with Crippen LogP contribution in [0.3, 0.4) is 0 Å². The van der Waals surface area contributed by atoms with Crippen LogP contribution in [0.1, 0.15) is 21.5 Å². The van der Waals surface area contributed by atoms with Crippen LogP contribution in [0.5, 0.6) is 5.75 Å². The van der Waals surface area contributed by atoms with Gasteiger partial charge in [-0.25, -0.2) is 0 Å². The van der Waals surface area contributed by atoms with Gasteiger partial charge in [0.1, 0.15) is 23.6 Å². The number of amides is 1. The fraction of sp³-hybridized carbons (Fsp3) is 0.148. The smallest absolute Gasteiger partial charge is 0.416 e. The first-order chi connectivity index (χ1) is 18.5. The first-order valence-electron chi connectivity index (χ1n) is 11.4. The van der Waals surface area contributed by atoms with Crippen LogP contribution < -0.4 is 10.1 Å². The molecule has 202 valence electrons. The van der Waals surface area contributed by atoms with Gasteiger partial charge in [-0.3, -0.25) is 9.59 Å². The molecule has 0 radical (unpaired) electrons. The minimum atomic E-state index is -4.61. The second-order valence-corrected chi connectivity index (χ2v) is 9.10. The number of carbonyl (C=O) groups is 2.